The van der Waals surface area contributed by atoms with Crippen molar-refractivity contribution in [2.75, 3.05) is 26.2 Å². The van der Waals surface area contributed by atoms with Crippen molar-refractivity contribution >= 4 is 11.8 Å². The van der Waals surface area contributed by atoms with Gasteiger partial charge in [0.1, 0.15) is 17.7 Å². The summed E-state index contributed by atoms with van der Waals surface area (Å²) in [6.45, 7) is 2.91. The highest BCUT2D eigenvalue weighted by Crippen LogP contribution is 2.41. The fourth-order valence-electron chi connectivity index (χ4n) is 5.05. The summed E-state index contributed by atoms with van der Waals surface area (Å²) in [4.78, 5) is 30.1. The van der Waals surface area contributed by atoms with E-state index in [9.17, 15) is 18.4 Å². The molecule has 0 bridgehead atoms. The molecule has 3 aliphatic rings. The van der Waals surface area contributed by atoms with Crippen LogP contribution in [0.4, 0.5) is 8.78 Å². The van der Waals surface area contributed by atoms with Crippen LogP contribution >= 0.6 is 0 Å². The van der Waals surface area contributed by atoms with E-state index in [1.54, 1.807) is 4.90 Å². The fraction of sp³-hybridized carbons (Fsp3) is 0.619. The van der Waals surface area contributed by atoms with Crippen molar-refractivity contribution in [1.82, 2.24) is 15.1 Å². The van der Waals surface area contributed by atoms with E-state index in [-0.39, 0.29) is 23.4 Å². The van der Waals surface area contributed by atoms with Crippen molar-refractivity contribution in [3.63, 3.8) is 0 Å². The van der Waals surface area contributed by atoms with Gasteiger partial charge in [-0.2, -0.15) is 0 Å². The maximum Gasteiger partial charge on any atom is 0.257 e. The summed E-state index contributed by atoms with van der Waals surface area (Å²) in [5, 5.41) is 3.29. The van der Waals surface area contributed by atoms with Gasteiger partial charge in [0.25, 0.3) is 5.91 Å². The van der Waals surface area contributed by atoms with Crippen LogP contribution in [-0.4, -0.2) is 59.9 Å². The first-order chi connectivity index (χ1) is 13.6. The molecule has 3 atom stereocenters. The van der Waals surface area contributed by atoms with Crippen molar-refractivity contribution in [2.45, 2.75) is 50.6 Å². The van der Waals surface area contributed by atoms with E-state index >= 15 is 0 Å². The number of carbonyl (C=O) groups excluding carboxylic acids is 2. The van der Waals surface area contributed by atoms with Gasteiger partial charge in [-0.1, -0.05) is 12.8 Å². The van der Waals surface area contributed by atoms with E-state index in [1.807, 2.05) is 4.90 Å². The summed E-state index contributed by atoms with van der Waals surface area (Å²) in [6.07, 6.45) is 5.46. The second-order valence-corrected chi connectivity index (χ2v) is 8.13. The number of halogens is 2. The molecule has 2 aliphatic heterocycles. The Bertz CT molecular complexity index is 749. The van der Waals surface area contributed by atoms with Crippen LogP contribution < -0.4 is 5.32 Å². The molecule has 152 valence electrons. The summed E-state index contributed by atoms with van der Waals surface area (Å²) < 4.78 is 27.6. The summed E-state index contributed by atoms with van der Waals surface area (Å²) in [5.74, 6) is -1.82. The van der Waals surface area contributed by atoms with Gasteiger partial charge in [-0.3, -0.25) is 9.59 Å². The molecule has 1 saturated carbocycles. The molecule has 4 rings (SSSR count). The maximum atomic E-state index is 14.3. The lowest BCUT2D eigenvalue weighted by atomic mass is 9.84. The quantitative estimate of drug-likeness (QED) is 0.843. The van der Waals surface area contributed by atoms with Gasteiger partial charge < -0.3 is 15.1 Å². The topological polar surface area (TPSA) is 52.7 Å². The van der Waals surface area contributed by atoms with E-state index in [0.29, 0.717) is 19.5 Å². The van der Waals surface area contributed by atoms with Gasteiger partial charge in [-0.25, -0.2) is 8.78 Å². The molecule has 2 heterocycles. The van der Waals surface area contributed by atoms with E-state index in [0.717, 1.165) is 57.3 Å². The molecular formula is C21H27F2N3O2. The predicted molar refractivity (Wildman–Crippen MR) is 101 cm³/mol. The molecule has 2 saturated heterocycles. The number of rotatable bonds is 2. The number of likely N-dealkylation sites (tertiary alicyclic amines) is 1. The van der Waals surface area contributed by atoms with Crippen LogP contribution in [0.25, 0.3) is 0 Å². The highest BCUT2D eigenvalue weighted by molar-refractivity contribution is 5.98. The van der Waals surface area contributed by atoms with Crippen molar-refractivity contribution in [3.05, 3.63) is 35.4 Å². The van der Waals surface area contributed by atoms with Crippen molar-refractivity contribution in [2.24, 2.45) is 5.92 Å². The second-order valence-electron chi connectivity index (χ2n) is 8.13. The van der Waals surface area contributed by atoms with E-state index < -0.39 is 23.6 Å². The fourth-order valence-corrected chi connectivity index (χ4v) is 5.05. The minimum atomic E-state index is -0.866. The van der Waals surface area contributed by atoms with Crippen LogP contribution in [-0.2, 0) is 4.79 Å². The lowest BCUT2D eigenvalue weighted by molar-refractivity contribution is -0.135. The number of hydrogen-bond acceptors (Lipinski definition) is 3. The van der Waals surface area contributed by atoms with E-state index in [2.05, 4.69) is 5.32 Å². The highest BCUT2D eigenvalue weighted by Gasteiger charge is 2.48. The Morgan fingerprint density at radius 1 is 1.04 bits per heavy atom. The number of hydrogen-bond donors (Lipinski definition) is 1. The minimum Gasteiger partial charge on any atom is -0.340 e. The Kier molecular flexibility index (Phi) is 5.62. The Morgan fingerprint density at radius 3 is 2.68 bits per heavy atom. The third-order valence-corrected chi connectivity index (χ3v) is 6.42. The summed E-state index contributed by atoms with van der Waals surface area (Å²) in [6, 6.07) is 2.44. The zero-order valence-electron chi connectivity index (χ0n) is 16.0. The number of nitrogens with one attached hydrogen (secondary N) is 1. The SMILES string of the molecule is O=C(C1CC2CCCCC2N1C(=O)c1ccc(F)cc1F)N1CCCNCC1. The number of nitrogens with zero attached hydrogens (tertiary/aromatic N) is 2. The molecular weight excluding hydrogens is 364 g/mol. The lowest BCUT2D eigenvalue weighted by Gasteiger charge is -2.35. The van der Waals surface area contributed by atoms with Gasteiger partial charge in [-0.15, -0.1) is 0 Å². The molecule has 7 heteroatoms. The van der Waals surface area contributed by atoms with Crippen LogP contribution in [0.3, 0.4) is 0 Å². The zero-order valence-corrected chi connectivity index (χ0v) is 16.0. The van der Waals surface area contributed by atoms with Gasteiger partial charge >= 0.3 is 0 Å². The number of fused-ring (bicyclic) bond motifs is 1. The van der Waals surface area contributed by atoms with Gasteiger partial charge in [0, 0.05) is 31.7 Å². The number of carbonyl (C=O) groups is 2. The van der Waals surface area contributed by atoms with Crippen molar-refractivity contribution in [3.8, 4) is 0 Å². The minimum absolute atomic E-state index is 0.0334. The van der Waals surface area contributed by atoms with Crippen LogP contribution in [0.5, 0.6) is 0 Å². The van der Waals surface area contributed by atoms with E-state index in [4.69, 9.17) is 0 Å². The molecule has 1 aromatic carbocycles. The molecule has 0 radical (unpaired) electrons. The van der Waals surface area contributed by atoms with Gasteiger partial charge in [-0.05, 0) is 50.3 Å². The first kappa shape index (κ1) is 19.3. The Morgan fingerprint density at radius 2 is 1.86 bits per heavy atom. The third kappa shape index (κ3) is 3.64. The molecule has 5 nitrogen and oxygen atoms in total. The molecule has 28 heavy (non-hydrogen) atoms. The zero-order chi connectivity index (χ0) is 19.7. The van der Waals surface area contributed by atoms with Crippen LogP contribution in [0, 0.1) is 17.6 Å². The molecule has 1 N–H and O–H groups in total. The maximum absolute atomic E-state index is 14.3. The largest absolute Gasteiger partial charge is 0.340 e. The average Bonchev–Trinajstić information content (AvgIpc) is 2.86. The molecule has 1 aromatic rings. The standard InChI is InChI=1S/C21H27F2N3O2/c22-15-6-7-16(17(23)13-15)20(27)26-18-5-2-1-4-14(18)12-19(26)21(28)25-10-3-8-24-9-11-25/h6-7,13-14,18-19,24H,1-5,8-12H2. The predicted octanol–water partition coefficient (Wildman–Crippen LogP) is 2.56. The molecule has 3 fully saturated rings. The smallest absolute Gasteiger partial charge is 0.257 e. The Balaban J connectivity index is 1.63. The average molecular weight is 391 g/mol. The Labute approximate surface area is 164 Å². The monoisotopic (exact) mass is 391 g/mol. The van der Waals surface area contributed by atoms with Crippen molar-refractivity contribution in [1.29, 1.82) is 0 Å². The lowest BCUT2D eigenvalue weighted by Crippen LogP contribution is -2.51. The highest BCUT2D eigenvalue weighted by atomic mass is 19.1. The van der Waals surface area contributed by atoms with Gasteiger partial charge in [0.2, 0.25) is 5.91 Å². The molecule has 3 unspecified atom stereocenters. The van der Waals surface area contributed by atoms with E-state index in [1.165, 1.54) is 6.07 Å². The summed E-state index contributed by atoms with van der Waals surface area (Å²) >= 11 is 0. The van der Waals surface area contributed by atoms with Gasteiger partial charge in [0.05, 0.1) is 5.56 Å². The normalized spacial score (nSPS) is 28.0. The summed E-state index contributed by atoms with van der Waals surface area (Å²) in [5.41, 5.74) is -0.150. The van der Waals surface area contributed by atoms with Crippen LogP contribution in [0.15, 0.2) is 18.2 Å². The second kappa shape index (κ2) is 8.15. The molecule has 0 spiro atoms. The number of amides is 2. The Hall–Kier alpha value is -2.02. The van der Waals surface area contributed by atoms with Crippen molar-refractivity contribution < 1.29 is 18.4 Å². The third-order valence-electron chi connectivity index (χ3n) is 6.42. The first-order valence-corrected chi connectivity index (χ1v) is 10.3. The number of benzene rings is 1. The van der Waals surface area contributed by atoms with Crippen LogP contribution in [0.2, 0.25) is 0 Å². The van der Waals surface area contributed by atoms with Crippen LogP contribution in [0.1, 0.15) is 48.9 Å². The first-order valence-electron chi connectivity index (χ1n) is 10.3. The molecule has 2 amide bonds. The summed E-state index contributed by atoms with van der Waals surface area (Å²) in [7, 11) is 0. The van der Waals surface area contributed by atoms with Gasteiger partial charge in [0.15, 0.2) is 0 Å². The molecule has 1 aliphatic carbocycles. The molecule has 0 aromatic heterocycles.